The van der Waals surface area contributed by atoms with Crippen LogP contribution in [0.1, 0.15) is 0 Å². The molecule has 0 unspecified atom stereocenters. The van der Waals surface area contributed by atoms with Crippen LogP contribution in [-0.4, -0.2) is 9.97 Å². The third kappa shape index (κ3) is 4.27. The maximum atomic E-state index is 6.54. The normalized spacial score (nSPS) is 11.8. The molecule has 0 amide bonds. The monoisotopic (exact) mass is 630 g/mol. The van der Waals surface area contributed by atoms with Gasteiger partial charge >= 0.3 is 0 Å². The van der Waals surface area contributed by atoms with Gasteiger partial charge in [-0.15, -0.1) is 11.3 Å². The Morgan fingerprint density at radius 3 is 1.88 bits per heavy atom. The third-order valence-corrected chi connectivity index (χ3v) is 10.6. The van der Waals surface area contributed by atoms with E-state index in [-0.39, 0.29) is 0 Å². The van der Waals surface area contributed by atoms with Crippen molar-refractivity contribution in [3.05, 3.63) is 158 Å². The van der Waals surface area contributed by atoms with Crippen molar-refractivity contribution in [1.82, 2.24) is 9.97 Å². The molecular formula is C44H26N2OS. The van der Waals surface area contributed by atoms with Crippen molar-refractivity contribution < 1.29 is 4.42 Å². The molecule has 0 saturated heterocycles. The molecule has 10 rings (SSSR count). The summed E-state index contributed by atoms with van der Waals surface area (Å²) in [6, 6.07) is 54.1. The van der Waals surface area contributed by atoms with Crippen molar-refractivity contribution in [2.24, 2.45) is 0 Å². The Morgan fingerprint density at radius 1 is 0.438 bits per heavy atom. The van der Waals surface area contributed by atoms with Gasteiger partial charge in [-0.3, -0.25) is 0 Å². The predicted molar refractivity (Wildman–Crippen MR) is 201 cm³/mol. The van der Waals surface area contributed by atoms with Crippen molar-refractivity contribution in [1.29, 1.82) is 0 Å². The van der Waals surface area contributed by atoms with Crippen LogP contribution < -0.4 is 0 Å². The molecule has 0 saturated carbocycles. The summed E-state index contributed by atoms with van der Waals surface area (Å²) >= 11 is 1.87. The lowest BCUT2D eigenvalue weighted by Gasteiger charge is -2.10. The summed E-state index contributed by atoms with van der Waals surface area (Å²) in [7, 11) is 0. The fraction of sp³-hybridized carbons (Fsp3) is 0. The Morgan fingerprint density at radius 2 is 1.06 bits per heavy atom. The van der Waals surface area contributed by atoms with Crippen LogP contribution in [0.25, 0.3) is 97.7 Å². The number of thiophene rings is 1. The van der Waals surface area contributed by atoms with Crippen molar-refractivity contribution >= 4 is 64.4 Å². The number of hydrogen-bond acceptors (Lipinski definition) is 4. The predicted octanol–water partition coefficient (Wildman–Crippen LogP) is 12.6. The molecule has 0 aliphatic rings. The first-order valence-corrected chi connectivity index (χ1v) is 16.9. The van der Waals surface area contributed by atoms with Crippen molar-refractivity contribution in [2.45, 2.75) is 0 Å². The van der Waals surface area contributed by atoms with Crippen molar-refractivity contribution in [3.63, 3.8) is 0 Å². The highest BCUT2D eigenvalue weighted by molar-refractivity contribution is 7.26. The largest absolute Gasteiger partial charge is 0.451 e. The molecule has 3 nitrogen and oxygen atoms in total. The Labute approximate surface area is 280 Å². The van der Waals surface area contributed by atoms with Gasteiger partial charge in [0.25, 0.3) is 0 Å². The smallest absolute Gasteiger partial charge is 0.180 e. The standard InChI is InChI=1S/C44H26N2OS/c1-2-16-34-27(9-1)21-22-38-41-43(47-42(34)38)40(45-26-46-41)33-15-7-13-31(25-33)29-11-5-10-28(23-29)30-12-6-14-32(24-30)35-18-8-19-37-36-17-3-4-20-39(36)48-44(35)37/h1-26H. The molecule has 0 atom stereocenters. The highest BCUT2D eigenvalue weighted by Crippen LogP contribution is 2.41. The van der Waals surface area contributed by atoms with Crippen LogP contribution in [0.4, 0.5) is 0 Å². The van der Waals surface area contributed by atoms with Gasteiger partial charge in [0.15, 0.2) is 5.58 Å². The molecule has 0 spiro atoms. The average molecular weight is 631 g/mol. The Bertz CT molecular complexity index is 2860. The Hall–Kier alpha value is -6.10. The van der Waals surface area contributed by atoms with Crippen LogP contribution in [0.2, 0.25) is 0 Å². The van der Waals surface area contributed by atoms with Gasteiger partial charge in [-0.1, -0.05) is 121 Å². The summed E-state index contributed by atoms with van der Waals surface area (Å²) in [5.41, 5.74) is 11.3. The summed E-state index contributed by atoms with van der Waals surface area (Å²) in [4.78, 5) is 9.36. The minimum Gasteiger partial charge on any atom is -0.451 e. The fourth-order valence-corrected chi connectivity index (χ4v) is 8.31. The van der Waals surface area contributed by atoms with E-state index < -0.39 is 0 Å². The lowest BCUT2D eigenvalue weighted by atomic mass is 9.95. The van der Waals surface area contributed by atoms with E-state index in [1.807, 2.05) is 23.5 Å². The second-order valence-electron chi connectivity index (χ2n) is 12.2. The van der Waals surface area contributed by atoms with E-state index in [0.717, 1.165) is 49.6 Å². The fourth-order valence-electron chi connectivity index (χ4n) is 7.07. The van der Waals surface area contributed by atoms with Gasteiger partial charge in [0, 0.05) is 36.5 Å². The number of aromatic nitrogens is 2. The van der Waals surface area contributed by atoms with Crippen LogP contribution in [0.5, 0.6) is 0 Å². The quantitative estimate of drug-likeness (QED) is 0.194. The highest BCUT2D eigenvalue weighted by atomic mass is 32.1. The molecule has 0 radical (unpaired) electrons. The van der Waals surface area contributed by atoms with Gasteiger partial charge < -0.3 is 4.42 Å². The summed E-state index contributed by atoms with van der Waals surface area (Å²) in [6.45, 7) is 0. The van der Waals surface area contributed by atoms with Crippen LogP contribution in [0.15, 0.2) is 162 Å². The SMILES string of the molecule is c1cc(-c2cccc(-c3ncnc4c3oc3c5ccccc5ccc43)c2)cc(-c2cccc(-c3cccc4c3sc3ccccc34)c2)c1. The topological polar surface area (TPSA) is 38.9 Å². The van der Waals surface area contributed by atoms with Crippen LogP contribution in [-0.2, 0) is 0 Å². The second kappa shape index (κ2) is 10.7. The maximum absolute atomic E-state index is 6.54. The van der Waals surface area contributed by atoms with E-state index in [1.54, 1.807) is 6.33 Å². The summed E-state index contributed by atoms with van der Waals surface area (Å²) in [5.74, 6) is 0. The first-order chi connectivity index (χ1) is 23.8. The van der Waals surface area contributed by atoms with Crippen LogP contribution >= 0.6 is 11.3 Å². The number of fused-ring (bicyclic) bond motifs is 8. The zero-order chi connectivity index (χ0) is 31.6. The lowest BCUT2D eigenvalue weighted by Crippen LogP contribution is -1.88. The molecule has 48 heavy (non-hydrogen) atoms. The molecule has 4 heteroatoms. The van der Waals surface area contributed by atoms with Gasteiger partial charge in [0.2, 0.25) is 0 Å². The maximum Gasteiger partial charge on any atom is 0.180 e. The van der Waals surface area contributed by atoms with Crippen LogP contribution in [0.3, 0.4) is 0 Å². The number of furan rings is 1. The first-order valence-electron chi connectivity index (χ1n) is 16.1. The Kier molecular flexibility index (Phi) is 6.05. The molecule has 3 heterocycles. The van der Waals surface area contributed by atoms with E-state index in [9.17, 15) is 0 Å². The molecule has 0 aliphatic carbocycles. The van der Waals surface area contributed by atoms with E-state index >= 15 is 0 Å². The van der Waals surface area contributed by atoms with Gasteiger partial charge in [0.1, 0.15) is 23.1 Å². The van der Waals surface area contributed by atoms with E-state index in [4.69, 9.17) is 9.40 Å². The van der Waals surface area contributed by atoms with E-state index in [1.165, 1.54) is 42.4 Å². The lowest BCUT2D eigenvalue weighted by molar-refractivity contribution is 0.671. The molecule has 224 valence electrons. The van der Waals surface area contributed by atoms with Gasteiger partial charge in [0.05, 0.1) is 0 Å². The molecule has 7 aromatic carbocycles. The number of nitrogens with zero attached hydrogens (tertiary/aromatic N) is 2. The first kappa shape index (κ1) is 27.1. The van der Waals surface area contributed by atoms with E-state index in [2.05, 4.69) is 145 Å². The van der Waals surface area contributed by atoms with Crippen molar-refractivity contribution in [3.8, 4) is 44.6 Å². The summed E-state index contributed by atoms with van der Waals surface area (Å²) in [5, 5.41) is 5.86. The van der Waals surface area contributed by atoms with Crippen molar-refractivity contribution in [2.75, 3.05) is 0 Å². The summed E-state index contributed by atoms with van der Waals surface area (Å²) in [6.07, 6.45) is 1.64. The Balaban J connectivity index is 1.04. The molecule has 10 aromatic rings. The average Bonchev–Trinajstić information content (AvgIpc) is 3.74. The minimum absolute atomic E-state index is 0.709. The zero-order valence-corrected chi connectivity index (χ0v) is 26.5. The number of rotatable bonds is 4. The third-order valence-electron chi connectivity index (χ3n) is 9.39. The highest BCUT2D eigenvalue weighted by Gasteiger charge is 2.17. The summed E-state index contributed by atoms with van der Waals surface area (Å²) < 4.78 is 9.19. The molecule has 0 bridgehead atoms. The molecule has 0 fully saturated rings. The number of benzene rings is 7. The van der Waals surface area contributed by atoms with Gasteiger partial charge in [-0.2, -0.15) is 0 Å². The molecular weight excluding hydrogens is 605 g/mol. The molecule has 0 aliphatic heterocycles. The minimum atomic E-state index is 0.709. The molecule has 0 N–H and O–H groups in total. The number of hydrogen-bond donors (Lipinski definition) is 0. The molecule has 3 aromatic heterocycles. The van der Waals surface area contributed by atoms with Gasteiger partial charge in [-0.05, 0) is 69.1 Å². The van der Waals surface area contributed by atoms with Gasteiger partial charge in [-0.25, -0.2) is 9.97 Å². The van der Waals surface area contributed by atoms with Crippen LogP contribution in [0, 0.1) is 0 Å². The second-order valence-corrected chi connectivity index (χ2v) is 13.2. The zero-order valence-electron chi connectivity index (χ0n) is 25.7. The van der Waals surface area contributed by atoms with E-state index in [0.29, 0.717) is 5.58 Å².